The number of benzene rings is 2. The summed E-state index contributed by atoms with van der Waals surface area (Å²) in [5.74, 6) is 1.64. The summed E-state index contributed by atoms with van der Waals surface area (Å²) in [6.45, 7) is 3.55. The smallest absolute Gasteiger partial charge is 0.173 e. The lowest BCUT2D eigenvalue weighted by molar-refractivity contribution is 0.414. The van der Waals surface area contributed by atoms with Crippen molar-refractivity contribution in [3.63, 3.8) is 0 Å². The second-order valence-corrected chi connectivity index (χ2v) is 8.22. The molecule has 0 aliphatic rings. The molecule has 2 aromatic heterocycles. The predicted octanol–water partition coefficient (Wildman–Crippen LogP) is 5.33. The summed E-state index contributed by atoms with van der Waals surface area (Å²) in [6.07, 6.45) is 4.45. The Balaban J connectivity index is 1.56. The number of anilines is 1. The van der Waals surface area contributed by atoms with E-state index < -0.39 is 0 Å². The zero-order valence-electron chi connectivity index (χ0n) is 19.1. The van der Waals surface area contributed by atoms with E-state index in [2.05, 4.69) is 39.2 Å². The van der Waals surface area contributed by atoms with Crippen molar-refractivity contribution < 1.29 is 9.47 Å². The number of hydrogen-bond acceptors (Lipinski definition) is 4. The van der Waals surface area contributed by atoms with Crippen LogP contribution in [0.2, 0.25) is 0 Å². The summed E-state index contributed by atoms with van der Waals surface area (Å²) in [5.41, 5.74) is 5.59. The molecule has 170 valence electrons. The number of nitrogens with zero attached hydrogens (tertiary/aromatic N) is 2. The molecular weight excluding hydrogens is 432 g/mol. The number of nitrogens with one attached hydrogen (secondary N) is 2. The summed E-state index contributed by atoms with van der Waals surface area (Å²) in [6, 6.07) is 17.9. The van der Waals surface area contributed by atoms with Gasteiger partial charge in [0, 0.05) is 53.8 Å². The van der Waals surface area contributed by atoms with Crippen LogP contribution in [0.5, 0.6) is 11.5 Å². The molecule has 0 saturated heterocycles. The molecule has 33 heavy (non-hydrogen) atoms. The highest BCUT2D eigenvalue weighted by Crippen LogP contribution is 2.27. The molecule has 2 aromatic carbocycles. The Hall–Kier alpha value is -3.58. The van der Waals surface area contributed by atoms with Crippen LogP contribution in [-0.4, -0.2) is 40.7 Å². The van der Waals surface area contributed by atoms with Gasteiger partial charge in [0.1, 0.15) is 11.5 Å². The van der Waals surface area contributed by atoms with Crippen molar-refractivity contribution in [2.75, 3.05) is 26.1 Å². The number of H-pyrrole nitrogens is 1. The molecule has 0 radical (unpaired) electrons. The Morgan fingerprint density at radius 2 is 1.79 bits per heavy atom. The van der Waals surface area contributed by atoms with Gasteiger partial charge in [0.05, 0.1) is 14.2 Å². The largest absolute Gasteiger partial charge is 0.497 e. The lowest BCUT2D eigenvalue weighted by atomic mass is 10.1. The zero-order chi connectivity index (χ0) is 23.2. The third-order valence-corrected chi connectivity index (χ3v) is 6.05. The Morgan fingerprint density at radius 1 is 1.03 bits per heavy atom. The van der Waals surface area contributed by atoms with Crippen LogP contribution < -0.4 is 14.8 Å². The molecular formula is C26H28N4O2S. The van der Waals surface area contributed by atoms with Gasteiger partial charge in [-0.25, -0.2) is 0 Å². The molecule has 0 aliphatic heterocycles. The van der Waals surface area contributed by atoms with Crippen LogP contribution in [0, 0.1) is 6.92 Å². The second-order valence-electron chi connectivity index (χ2n) is 7.83. The Morgan fingerprint density at radius 3 is 2.55 bits per heavy atom. The Labute approximate surface area is 199 Å². The third-order valence-electron chi connectivity index (χ3n) is 5.69. The molecule has 6 nitrogen and oxygen atoms in total. The van der Waals surface area contributed by atoms with Gasteiger partial charge >= 0.3 is 0 Å². The normalized spacial score (nSPS) is 10.8. The first-order valence-electron chi connectivity index (χ1n) is 10.8. The lowest BCUT2D eigenvalue weighted by Crippen LogP contribution is -2.36. The van der Waals surface area contributed by atoms with Crippen LogP contribution in [0.4, 0.5) is 5.69 Å². The quantitative estimate of drug-likeness (QED) is 0.347. The number of thiocarbonyl (C=S) groups is 1. The van der Waals surface area contributed by atoms with Crippen molar-refractivity contribution in [2.45, 2.75) is 19.9 Å². The number of rotatable bonds is 8. The average molecular weight is 461 g/mol. The molecule has 2 heterocycles. The molecule has 0 aliphatic carbocycles. The highest BCUT2D eigenvalue weighted by Gasteiger charge is 2.15. The lowest BCUT2D eigenvalue weighted by Gasteiger charge is -2.26. The maximum atomic E-state index is 5.83. The van der Waals surface area contributed by atoms with Crippen molar-refractivity contribution in [3.05, 3.63) is 83.8 Å². The number of methoxy groups -OCH3 is 2. The molecule has 0 spiro atoms. The van der Waals surface area contributed by atoms with Gasteiger partial charge in [0.2, 0.25) is 0 Å². The minimum absolute atomic E-state index is 0.662. The van der Waals surface area contributed by atoms with Gasteiger partial charge < -0.3 is 24.7 Å². The zero-order valence-corrected chi connectivity index (χ0v) is 19.9. The van der Waals surface area contributed by atoms with E-state index in [1.54, 1.807) is 14.2 Å². The first-order chi connectivity index (χ1) is 16.1. The molecule has 2 N–H and O–H groups in total. The minimum atomic E-state index is 0.662. The first kappa shape index (κ1) is 22.6. The summed E-state index contributed by atoms with van der Waals surface area (Å²) in [4.78, 5) is 9.81. The molecule has 0 fully saturated rings. The highest BCUT2D eigenvalue weighted by molar-refractivity contribution is 7.80. The fourth-order valence-electron chi connectivity index (χ4n) is 3.92. The standard InChI is InChI=1S/C26H28N4O2S/c1-18-23(24-16-22(32-3)7-8-25(24)28-18)11-14-30(17-19-9-12-27-13-10-19)26(33)29-20-5-4-6-21(15-20)31-2/h4-10,12-13,15-16,28H,11,14,17H2,1-3H3,(H,29,33). The second kappa shape index (κ2) is 10.4. The summed E-state index contributed by atoms with van der Waals surface area (Å²) < 4.78 is 10.8. The first-order valence-corrected chi connectivity index (χ1v) is 11.2. The molecule has 0 atom stereocenters. The molecule has 0 bridgehead atoms. The van der Waals surface area contributed by atoms with Gasteiger partial charge in [0.15, 0.2) is 5.11 Å². The maximum absolute atomic E-state index is 5.83. The van der Waals surface area contributed by atoms with Crippen LogP contribution in [0.1, 0.15) is 16.8 Å². The Bertz CT molecular complexity index is 1240. The van der Waals surface area contributed by atoms with Gasteiger partial charge in [-0.05, 0) is 79.2 Å². The summed E-state index contributed by atoms with van der Waals surface area (Å²) in [7, 11) is 3.35. The van der Waals surface area contributed by atoms with E-state index in [1.807, 2.05) is 54.9 Å². The molecule has 4 rings (SSSR count). The number of ether oxygens (including phenoxy) is 2. The van der Waals surface area contributed by atoms with E-state index in [9.17, 15) is 0 Å². The molecule has 4 aromatic rings. The third kappa shape index (κ3) is 5.43. The summed E-state index contributed by atoms with van der Waals surface area (Å²) in [5, 5.41) is 5.22. The number of fused-ring (bicyclic) bond motifs is 1. The fraction of sp³-hybridized carbons (Fsp3) is 0.231. The molecule has 7 heteroatoms. The highest BCUT2D eigenvalue weighted by atomic mass is 32.1. The number of aromatic amines is 1. The van der Waals surface area contributed by atoms with E-state index in [4.69, 9.17) is 21.7 Å². The van der Waals surface area contributed by atoms with Crippen LogP contribution in [0.3, 0.4) is 0 Å². The van der Waals surface area contributed by atoms with Crippen molar-refractivity contribution in [1.29, 1.82) is 0 Å². The van der Waals surface area contributed by atoms with Gasteiger partial charge in [-0.2, -0.15) is 0 Å². The number of pyridine rings is 1. The average Bonchev–Trinajstić information content (AvgIpc) is 3.16. The van der Waals surface area contributed by atoms with Crippen LogP contribution in [0.15, 0.2) is 67.0 Å². The van der Waals surface area contributed by atoms with Crippen molar-refractivity contribution in [1.82, 2.24) is 14.9 Å². The van der Waals surface area contributed by atoms with E-state index in [-0.39, 0.29) is 0 Å². The monoisotopic (exact) mass is 460 g/mol. The van der Waals surface area contributed by atoms with E-state index in [0.29, 0.717) is 11.7 Å². The number of hydrogen-bond donors (Lipinski definition) is 2. The number of aryl methyl sites for hydroxylation is 1. The molecule has 0 saturated carbocycles. The SMILES string of the molecule is COc1cccc(NC(=S)N(CCc2c(C)[nH]c3ccc(OC)cc23)Cc2ccncc2)c1. The predicted molar refractivity (Wildman–Crippen MR) is 137 cm³/mol. The van der Waals surface area contributed by atoms with Gasteiger partial charge in [-0.1, -0.05) is 6.07 Å². The topological polar surface area (TPSA) is 62.4 Å². The van der Waals surface area contributed by atoms with Crippen LogP contribution >= 0.6 is 12.2 Å². The minimum Gasteiger partial charge on any atom is -0.497 e. The van der Waals surface area contributed by atoms with Gasteiger partial charge in [-0.15, -0.1) is 0 Å². The number of aromatic nitrogens is 2. The van der Waals surface area contributed by atoms with E-state index in [1.165, 1.54) is 10.9 Å². The van der Waals surface area contributed by atoms with Gasteiger partial charge in [0.25, 0.3) is 0 Å². The fourth-order valence-corrected chi connectivity index (χ4v) is 4.20. The maximum Gasteiger partial charge on any atom is 0.173 e. The van der Waals surface area contributed by atoms with Crippen LogP contribution in [-0.2, 0) is 13.0 Å². The molecule has 0 amide bonds. The van der Waals surface area contributed by atoms with Crippen molar-refractivity contribution >= 4 is 33.9 Å². The van der Waals surface area contributed by atoms with E-state index in [0.717, 1.165) is 46.9 Å². The molecule has 0 unspecified atom stereocenters. The van der Waals surface area contributed by atoms with E-state index >= 15 is 0 Å². The van der Waals surface area contributed by atoms with Crippen LogP contribution in [0.25, 0.3) is 10.9 Å². The van der Waals surface area contributed by atoms with Gasteiger partial charge in [-0.3, -0.25) is 4.98 Å². The summed E-state index contributed by atoms with van der Waals surface area (Å²) >= 11 is 5.83. The Kier molecular flexibility index (Phi) is 7.10. The van der Waals surface area contributed by atoms with Crippen molar-refractivity contribution in [2.24, 2.45) is 0 Å². The van der Waals surface area contributed by atoms with Crippen molar-refractivity contribution in [3.8, 4) is 11.5 Å².